The number of nitrogens with two attached hydrogens (primary N) is 1. The summed E-state index contributed by atoms with van der Waals surface area (Å²) in [6, 6.07) is 0. The molecule has 0 unspecified atom stereocenters. The highest BCUT2D eigenvalue weighted by Gasteiger charge is 1.78. The summed E-state index contributed by atoms with van der Waals surface area (Å²) in [5, 5.41) is 0. The van der Waals surface area contributed by atoms with Crippen molar-refractivity contribution in [3.63, 3.8) is 0 Å². The van der Waals surface area contributed by atoms with Crippen molar-refractivity contribution < 1.29 is 4.79 Å². The molecule has 0 saturated carbocycles. The molecular formula is C3H7Cl3N2O. The first-order valence-electron chi connectivity index (χ1n) is 1.90. The van der Waals surface area contributed by atoms with E-state index in [-0.39, 0.29) is 5.91 Å². The summed E-state index contributed by atoms with van der Waals surface area (Å²) < 4.78 is -0.750. The predicted molar refractivity (Wildman–Crippen MR) is 39.4 cm³/mol. The van der Waals surface area contributed by atoms with E-state index in [4.69, 9.17) is 34.8 Å². The Hall–Kier alpha value is 0.300. The summed E-state index contributed by atoms with van der Waals surface area (Å²) in [5.74, 6) is 4.35. The standard InChI is InChI=1S/C2H6N2O.CHCl3/c1-2(5)4-3;2-1(3)4/h3H2,1H3,(H,4,5);1H. The van der Waals surface area contributed by atoms with Gasteiger partial charge in [-0.3, -0.25) is 10.2 Å². The van der Waals surface area contributed by atoms with Crippen LogP contribution in [-0.2, 0) is 4.79 Å². The SMILES string of the molecule is CC(=O)NN.ClC(Cl)Cl. The van der Waals surface area contributed by atoms with Crippen molar-refractivity contribution in [1.29, 1.82) is 0 Å². The Labute approximate surface area is 68.4 Å². The predicted octanol–water partition coefficient (Wildman–Crippen LogP) is 0.983. The molecule has 0 aromatic heterocycles. The topological polar surface area (TPSA) is 55.1 Å². The second-order valence-electron chi connectivity index (χ2n) is 0.948. The molecule has 0 atom stereocenters. The number of amides is 1. The lowest BCUT2D eigenvalue weighted by Gasteiger charge is -1.80. The van der Waals surface area contributed by atoms with Crippen molar-refractivity contribution in [2.24, 2.45) is 5.84 Å². The van der Waals surface area contributed by atoms with Crippen LogP contribution in [0.15, 0.2) is 0 Å². The normalized spacial score (nSPS) is 7.78. The highest BCUT2D eigenvalue weighted by atomic mass is 35.6. The lowest BCUT2D eigenvalue weighted by Crippen LogP contribution is -2.26. The number of hydrogen-bond donors (Lipinski definition) is 2. The van der Waals surface area contributed by atoms with Crippen molar-refractivity contribution in [2.45, 2.75) is 11.2 Å². The van der Waals surface area contributed by atoms with Gasteiger partial charge in [-0.25, -0.2) is 5.84 Å². The Morgan fingerprint density at radius 1 is 1.56 bits per heavy atom. The molecule has 0 bridgehead atoms. The second-order valence-corrected chi connectivity index (χ2v) is 2.93. The van der Waals surface area contributed by atoms with Crippen molar-refractivity contribution in [2.75, 3.05) is 0 Å². The number of nitrogens with one attached hydrogen (secondary N) is 1. The van der Waals surface area contributed by atoms with E-state index in [1.54, 1.807) is 0 Å². The first-order chi connectivity index (χ1) is 4.00. The average molecular weight is 193 g/mol. The first kappa shape index (κ1) is 12.0. The number of alkyl halides is 3. The van der Waals surface area contributed by atoms with Crippen molar-refractivity contribution in [1.82, 2.24) is 5.43 Å². The lowest BCUT2D eigenvalue weighted by atomic mass is 10.8. The van der Waals surface area contributed by atoms with Crippen LogP contribution in [0.25, 0.3) is 0 Å². The van der Waals surface area contributed by atoms with Gasteiger partial charge in [0.15, 0.2) is 4.30 Å². The molecule has 9 heavy (non-hydrogen) atoms. The van der Waals surface area contributed by atoms with Crippen LogP contribution in [0.2, 0.25) is 0 Å². The molecule has 0 fully saturated rings. The van der Waals surface area contributed by atoms with Crippen LogP contribution in [0.3, 0.4) is 0 Å². The molecule has 0 saturated heterocycles. The molecule has 0 aliphatic heterocycles. The maximum Gasteiger partial charge on any atom is 0.230 e. The molecule has 0 aliphatic carbocycles. The van der Waals surface area contributed by atoms with Crippen LogP contribution < -0.4 is 11.3 Å². The van der Waals surface area contributed by atoms with Gasteiger partial charge in [-0.2, -0.15) is 0 Å². The molecule has 0 heterocycles. The van der Waals surface area contributed by atoms with Gasteiger partial charge in [0, 0.05) is 6.92 Å². The van der Waals surface area contributed by atoms with E-state index in [1.165, 1.54) is 6.92 Å². The number of hydrogen-bond acceptors (Lipinski definition) is 2. The summed E-state index contributed by atoms with van der Waals surface area (Å²) in [7, 11) is 0. The molecule has 0 aromatic carbocycles. The Morgan fingerprint density at radius 2 is 1.67 bits per heavy atom. The van der Waals surface area contributed by atoms with Gasteiger partial charge in [-0.05, 0) is 0 Å². The van der Waals surface area contributed by atoms with E-state index in [0.29, 0.717) is 0 Å². The fraction of sp³-hybridized carbons (Fsp3) is 0.667. The summed E-state index contributed by atoms with van der Waals surface area (Å²) in [6.07, 6.45) is 0. The van der Waals surface area contributed by atoms with Crippen molar-refractivity contribution >= 4 is 40.7 Å². The third kappa shape index (κ3) is 62.3. The fourth-order valence-corrected chi connectivity index (χ4v) is 0. The summed E-state index contributed by atoms with van der Waals surface area (Å²) in [6.45, 7) is 1.35. The highest BCUT2D eigenvalue weighted by Crippen LogP contribution is 2.03. The Bertz CT molecular complexity index is 74.7. The number of halogens is 3. The van der Waals surface area contributed by atoms with Crippen LogP contribution in [0, 0.1) is 0 Å². The van der Waals surface area contributed by atoms with E-state index in [0.717, 1.165) is 0 Å². The molecule has 0 spiro atoms. The monoisotopic (exact) mass is 192 g/mol. The Kier molecular flexibility index (Phi) is 11.1. The summed E-state index contributed by atoms with van der Waals surface area (Å²) in [4.78, 5) is 9.58. The van der Waals surface area contributed by atoms with Gasteiger partial charge in [0.05, 0.1) is 0 Å². The van der Waals surface area contributed by atoms with Crippen LogP contribution in [0.1, 0.15) is 6.92 Å². The zero-order chi connectivity index (χ0) is 7.86. The zero-order valence-electron chi connectivity index (χ0n) is 4.70. The minimum atomic E-state index is -0.750. The summed E-state index contributed by atoms with van der Waals surface area (Å²) in [5.41, 5.74) is 1.89. The first-order valence-corrected chi connectivity index (χ1v) is 3.21. The highest BCUT2D eigenvalue weighted by molar-refractivity contribution is 6.63. The van der Waals surface area contributed by atoms with E-state index in [2.05, 4.69) is 5.84 Å². The number of carbonyl (C=O) groups excluding carboxylic acids is 1. The maximum atomic E-state index is 9.58. The van der Waals surface area contributed by atoms with Gasteiger partial charge >= 0.3 is 0 Å². The van der Waals surface area contributed by atoms with Crippen molar-refractivity contribution in [3.05, 3.63) is 0 Å². The fourth-order valence-electron chi connectivity index (χ4n) is 0. The van der Waals surface area contributed by atoms with Crippen LogP contribution in [0.5, 0.6) is 0 Å². The Balaban J connectivity index is 0. The van der Waals surface area contributed by atoms with Gasteiger partial charge in [-0.1, -0.05) is 34.8 Å². The smallest absolute Gasteiger partial charge is 0.230 e. The van der Waals surface area contributed by atoms with Gasteiger partial charge in [0.2, 0.25) is 5.91 Å². The molecule has 56 valence electrons. The largest absolute Gasteiger partial charge is 0.295 e. The minimum absolute atomic E-state index is 0.218. The molecule has 0 rings (SSSR count). The molecular weight excluding hydrogens is 186 g/mol. The maximum absolute atomic E-state index is 9.58. The van der Waals surface area contributed by atoms with Crippen molar-refractivity contribution in [3.8, 4) is 0 Å². The van der Waals surface area contributed by atoms with E-state index in [1.807, 2.05) is 5.43 Å². The van der Waals surface area contributed by atoms with Gasteiger partial charge in [0.25, 0.3) is 0 Å². The number of hydrazine groups is 1. The molecule has 1 amide bonds. The van der Waals surface area contributed by atoms with Crippen LogP contribution in [0.4, 0.5) is 0 Å². The lowest BCUT2D eigenvalue weighted by molar-refractivity contribution is -0.119. The number of carbonyl (C=O) groups is 1. The quantitative estimate of drug-likeness (QED) is 0.261. The van der Waals surface area contributed by atoms with Gasteiger partial charge in [0.1, 0.15) is 0 Å². The minimum Gasteiger partial charge on any atom is -0.295 e. The van der Waals surface area contributed by atoms with Crippen LogP contribution >= 0.6 is 34.8 Å². The molecule has 0 radical (unpaired) electrons. The van der Waals surface area contributed by atoms with Gasteiger partial charge in [-0.15, -0.1) is 0 Å². The third-order valence-electron chi connectivity index (χ3n) is 0.203. The average Bonchev–Trinajstić information content (AvgIpc) is 1.65. The van der Waals surface area contributed by atoms with E-state index >= 15 is 0 Å². The Morgan fingerprint density at radius 3 is 1.67 bits per heavy atom. The molecule has 0 aliphatic rings. The number of rotatable bonds is 0. The zero-order valence-corrected chi connectivity index (χ0v) is 6.96. The summed E-state index contributed by atoms with van der Waals surface area (Å²) >= 11 is 14.4. The van der Waals surface area contributed by atoms with Gasteiger partial charge < -0.3 is 0 Å². The third-order valence-corrected chi connectivity index (χ3v) is 0.203. The second kappa shape index (κ2) is 8.30. The molecule has 3 N–H and O–H groups in total. The molecule has 6 heteroatoms. The molecule has 0 aromatic rings. The molecule has 3 nitrogen and oxygen atoms in total. The van der Waals surface area contributed by atoms with Crippen LogP contribution in [-0.4, -0.2) is 10.2 Å². The van der Waals surface area contributed by atoms with E-state index in [9.17, 15) is 4.79 Å². The van der Waals surface area contributed by atoms with E-state index < -0.39 is 4.30 Å².